The highest BCUT2D eigenvalue weighted by Gasteiger charge is 2.16. The molecule has 0 saturated carbocycles. The van der Waals surface area contributed by atoms with E-state index >= 15 is 0 Å². The van der Waals surface area contributed by atoms with Gasteiger partial charge < -0.3 is 10.6 Å². The first kappa shape index (κ1) is 10.9. The molecule has 0 fully saturated rings. The predicted molar refractivity (Wildman–Crippen MR) is 64.4 cm³/mol. The van der Waals surface area contributed by atoms with E-state index in [0.717, 1.165) is 30.6 Å². The van der Waals surface area contributed by atoms with Crippen LogP contribution in [0.2, 0.25) is 0 Å². The third-order valence-corrected chi connectivity index (χ3v) is 2.80. The molecule has 0 aromatic heterocycles. The molecule has 0 bridgehead atoms. The molecule has 0 aliphatic carbocycles. The largest absolute Gasteiger partial charge is 0.349 e. The summed E-state index contributed by atoms with van der Waals surface area (Å²) in [5.74, 6) is -0.0135. The van der Waals surface area contributed by atoms with Crippen LogP contribution >= 0.6 is 0 Å². The van der Waals surface area contributed by atoms with Gasteiger partial charge in [0, 0.05) is 18.7 Å². The van der Waals surface area contributed by atoms with Crippen molar-refractivity contribution in [3.05, 3.63) is 47.5 Å². The molecular weight excluding hydrogens is 200 g/mol. The van der Waals surface area contributed by atoms with Crippen molar-refractivity contribution in [2.45, 2.75) is 13.0 Å². The maximum Gasteiger partial charge on any atom is 0.251 e. The fourth-order valence-electron chi connectivity index (χ4n) is 1.99. The minimum Gasteiger partial charge on any atom is -0.349 e. The number of nitrogens with one attached hydrogen (secondary N) is 2. The molecule has 1 aromatic carbocycles. The van der Waals surface area contributed by atoms with Crippen LogP contribution in [0, 0.1) is 0 Å². The fraction of sp³-hybridized carbons (Fsp3) is 0.308. The standard InChI is InChI=1S/C13H16N2O/c1-2-7-15-13(16)11-5-3-4-10-6-8-14-9-12(10)11/h2-5,14H,1,6-9H2,(H,15,16). The van der Waals surface area contributed by atoms with Crippen LogP contribution in [0.25, 0.3) is 0 Å². The third-order valence-electron chi connectivity index (χ3n) is 2.80. The van der Waals surface area contributed by atoms with E-state index in [0.29, 0.717) is 6.54 Å². The SMILES string of the molecule is C=CCNC(=O)c1cccc2c1CNCC2. The topological polar surface area (TPSA) is 41.1 Å². The average Bonchev–Trinajstić information content (AvgIpc) is 2.35. The molecule has 3 nitrogen and oxygen atoms in total. The average molecular weight is 216 g/mol. The van der Waals surface area contributed by atoms with Gasteiger partial charge in [0.2, 0.25) is 0 Å². The Hall–Kier alpha value is -1.61. The third kappa shape index (κ3) is 2.14. The van der Waals surface area contributed by atoms with Gasteiger partial charge in [0.05, 0.1) is 0 Å². The number of carbonyl (C=O) groups excluding carboxylic acids is 1. The second kappa shape index (κ2) is 4.94. The van der Waals surface area contributed by atoms with Crippen LogP contribution < -0.4 is 10.6 Å². The highest BCUT2D eigenvalue weighted by Crippen LogP contribution is 2.18. The molecular formula is C13H16N2O. The normalized spacial score (nSPS) is 14.0. The Morgan fingerprint density at radius 1 is 1.56 bits per heavy atom. The summed E-state index contributed by atoms with van der Waals surface area (Å²) in [6.07, 6.45) is 2.68. The summed E-state index contributed by atoms with van der Waals surface area (Å²) in [5, 5.41) is 6.11. The van der Waals surface area contributed by atoms with E-state index in [1.165, 1.54) is 5.56 Å². The zero-order valence-electron chi connectivity index (χ0n) is 9.25. The van der Waals surface area contributed by atoms with E-state index in [2.05, 4.69) is 23.3 Å². The minimum atomic E-state index is -0.0135. The van der Waals surface area contributed by atoms with Crippen molar-refractivity contribution in [3.8, 4) is 0 Å². The van der Waals surface area contributed by atoms with Gasteiger partial charge in [-0.3, -0.25) is 4.79 Å². The molecule has 2 rings (SSSR count). The number of fused-ring (bicyclic) bond motifs is 1. The second-order valence-corrected chi connectivity index (χ2v) is 3.87. The quantitative estimate of drug-likeness (QED) is 0.747. The molecule has 1 aliphatic rings. The highest BCUT2D eigenvalue weighted by molar-refractivity contribution is 5.96. The zero-order valence-corrected chi connectivity index (χ0v) is 9.25. The van der Waals surface area contributed by atoms with Crippen molar-refractivity contribution < 1.29 is 4.79 Å². The van der Waals surface area contributed by atoms with Gasteiger partial charge in [0.1, 0.15) is 0 Å². The van der Waals surface area contributed by atoms with Crippen molar-refractivity contribution in [1.29, 1.82) is 0 Å². The lowest BCUT2D eigenvalue weighted by Gasteiger charge is -2.19. The lowest BCUT2D eigenvalue weighted by atomic mass is 9.95. The van der Waals surface area contributed by atoms with Gasteiger partial charge in [-0.05, 0) is 30.2 Å². The number of rotatable bonds is 3. The van der Waals surface area contributed by atoms with Crippen molar-refractivity contribution in [2.75, 3.05) is 13.1 Å². The molecule has 0 spiro atoms. The Bertz CT molecular complexity index is 412. The highest BCUT2D eigenvalue weighted by atomic mass is 16.1. The van der Waals surface area contributed by atoms with Gasteiger partial charge >= 0.3 is 0 Å². The summed E-state index contributed by atoms with van der Waals surface area (Å²) in [6.45, 7) is 5.87. The number of benzene rings is 1. The van der Waals surface area contributed by atoms with E-state index < -0.39 is 0 Å². The molecule has 1 aromatic rings. The molecule has 2 N–H and O–H groups in total. The molecule has 0 atom stereocenters. The van der Waals surface area contributed by atoms with Crippen LogP contribution in [0.1, 0.15) is 21.5 Å². The van der Waals surface area contributed by atoms with Crippen LogP contribution in [0.3, 0.4) is 0 Å². The van der Waals surface area contributed by atoms with Gasteiger partial charge in [-0.25, -0.2) is 0 Å². The Morgan fingerprint density at radius 2 is 2.44 bits per heavy atom. The molecule has 0 saturated heterocycles. The van der Waals surface area contributed by atoms with Gasteiger partial charge in [-0.15, -0.1) is 6.58 Å². The van der Waals surface area contributed by atoms with Crippen molar-refractivity contribution in [2.24, 2.45) is 0 Å². The summed E-state index contributed by atoms with van der Waals surface area (Å²) >= 11 is 0. The van der Waals surface area contributed by atoms with Crippen LogP contribution in [-0.4, -0.2) is 19.0 Å². The van der Waals surface area contributed by atoms with E-state index in [1.807, 2.05) is 12.1 Å². The molecule has 1 aliphatic heterocycles. The molecule has 0 unspecified atom stereocenters. The summed E-state index contributed by atoms with van der Waals surface area (Å²) in [4.78, 5) is 11.9. The number of amides is 1. The van der Waals surface area contributed by atoms with Gasteiger partial charge in [0.25, 0.3) is 5.91 Å². The Balaban J connectivity index is 2.26. The van der Waals surface area contributed by atoms with E-state index in [9.17, 15) is 4.79 Å². The fourth-order valence-corrected chi connectivity index (χ4v) is 1.99. The summed E-state index contributed by atoms with van der Waals surface area (Å²) in [7, 11) is 0. The van der Waals surface area contributed by atoms with Gasteiger partial charge in [-0.2, -0.15) is 0 Å². The zero-order chi connectivity index (χ0) is 11.4. The van der Waals surface area contributed by atoms with Crippen molar-refractivity contribution in [1.82, 2.24) is 10.6 Å². The lowest BCUT2D eigenvalue weighted by Crippen LogP contribution is -2.29. The molecule has 1 heterocycles. The molecule has 16 heavy (non-hydrogen) atoms. The Labute approximate surface area is 95.6 Å². The summed E-state index contributed by atoms with van der Waals surface area (Å²) < 4.78 is 0. The van der Waals surface area contributed by atoms with E-state index in [4.69, 9.17) is 0 Å². The minimum absolute atomic E-state index is 0.0135. The summed E-state index contributed by atoms with van der Waals surface area (Å²) in [6, 6.07) is 5.93. The van der Waals surface area contributed by atoms with E-state index in [-0.39, 0.29) is 5.91 Å². The van der Waals surface area contributed by atoms with Crippen LogP contribution in [0.15, 0.2) is 30.9 Å². The monoisotopic (exact) mass is 216 g/mol. The van der Waals surface area contributed by atoms with Crippen molar-refractivity contribution >= 4 is 5.91 Å². The molecule has 0 radical (unpaired) electrons. The molecule has 3 heteroatoms. The van der Waals surface area contributed by atoms with E-state index in [1.54, 1.807) is 6.08 Å². The Kier molecular flexibility index (Phi) is 3.37. The number of carbonyl (C=O) groups is 1. The maximum atomic E-state index is 11.9. The first-order valence-corrected chi connectivity index (χ1v) is 5.53. The summed E-state index contributed by atoms with van der Waals surface area (Å²) in [5.41, 5.74) is 3.20. The number of hydrogen-bond acceptors (Lipinski definition) is 2. The van der Waals surface area contributed by atoms with Crippen LogP contribution in [0.4, 0.5) is 0 Å². The van der Waals surface area contributed by atoms with Gasteiger partial charge in [-0.1, -0.05) is 18.2 Å². The molecule has 84 valence electrons. The van der Waals surface area contributed by atoms with Crippen LogP contribution in [0.5, 0.6) is 0 Å². The van der Waals surface area contributed by atoms with Crippen molar-refractivity contribution in [3.63, 3.8) is 0 Å². The Morgan fingerprint density at radius 3 is 3.25 bits per heavy atom. The lowest BCUT2D eigenvalue weighted by molar-refractivity contribution is 0.0956. The molecule has 1 amide bonds. The predicted octanol–water partition coefficient (Wildman–Crippen LogP) is 1.25. The maximum absolute atomic E-state index is 11.9. The first-order chi connectivity index (χ1) is 7.83. The van der Waals surface area contributed by atoms with Gasteiger partial charge in [0.15, 0.2) is 0 Å². The number of hydrogen-bond donors (Lipinski definition) is 2. The first-order valence-electron chi connectivity index (χ1n) is 5.53. The second-order valence-electron chi connectivity index (χ2n) is 3.87. The van der Waals surface area contributed by atoms with Crippen LogP contribution in [-0.2, 0) is 13.0 Å². The smallest absolute Gasteiger partial charge is 0.251 e.